The van der Waals surface area contributed by atoms with Crippen LogP contribution in [0.1, 0.15) is 84.5 Å². The number of esters is 5. The smallest absolute Gasteiger partial charge is 0.338 e. The quantitative estimate of drug-likeness (QED) is 0.0278. The molecule has 109 heavy (non-hydrogen) atoms. The Morgan fingerprint density at radius 1 is 0.569 bits per heavy atom. The minimum Gasteiger partial charge on any atom is -0.480 e. The number of hydrogen-bond donors (Lipinski definition) is 5. The van der Waals surface area contributed by atoms with Crippen LogP contribution >= 0.6 is 92.0 Å². The molecule has 6 N–H and O–H groups in total. The molecule has 0 bridgehead atoms. The number of aliphatic imine (C=N–C) groups is 3. The summed E-state index contributed by atoms with van der Waals surface area (Å²) in [5.41, 5.74) is 9.93. The molecule has 6 aliphatic rings. The number of carbonyl (C=O) groups excluding carboxylic acids is 5. The van der Waals surface area contributed by atoms with Gasteiger partial charge in [-0.3, -0.25) is 44.1 Å². The van der Waals surface area contributed by atoms with Crippen LogP contribution < -0.4 is 21.7 Å². The molecule has 3 aromatic heterocycles. The molecule has 582 valence electrons. The predicted octanol–water partition coefficient (Wildman–Crippen LogP) is 9.45. The summed E-state index contributed by atoms with van der Waals surface area (Å²) in [6.45, 7) is 13.3. The third kappa shape index (κ3) is 21.2. The van der Waals surface area contributed by atoms with Gasteiger partial charge in [-0.1, -0.05) is 90.1 Å². The summed E-state index contributed by atoms with van der Waals surface area (Å²) in [7, 11) is 1.34. The molecule has 28 nitrogen and oxygen atoms in total. The van der Waals surface area contributed by atoms with Crippen molar-refractivity contribution >= 4 is 145 Å². The van der Waals surface area contributed by atoms with Gasteiger partial charge in [-0.2, -0.15) is 0 Å². The number of aliphatic carboxylic acids is 1. The number of nitrogens with zero attached hydrogens (tertiary/aromatic N) is 9. The Balaban J connectivity index is 0.000000175. The standard InChI is InChI=1S/C27H33Cl2N5O5S.C23H24Cl2N4O5S.C22H22ClFN4O5S/c1-4-38-26(35)21-20(12-34-8-9-37-13-17(34)14-39-27(36)22(30)15(2)3)32-24(25-31-7-10-40-25)33-23(21)18-6-5-16(28)11-19(18)29;1-3-34-23(31)18-16(11-29-7-8-33-12-17(29)22(30)32-2)27-20(21-26-6-9-35-21)28-19(18)14-5-4-13(24)10-15(14)25;1-2-33-22(31)17-15(10-28-6-7-32-11-16(28)21(29)30)26-19(20-25-5-8-34-20)27-18(17)13-4-3-12(24)9-14(13)23/h5-7,10-11,15,17,22-23H,4,8-9,12-14,30H2,1-3H3,(H,32,33);4-6,9-10,17,19H,3,7-8,11-12H2,1-2H3,(H,27,28);3-5,8-9,16,18H,2,6-7,10-11H2,1H3,(H,26,27)(H,29,30)/t17-,22-,23?;;/m0../s1. The number of benzene rings is 3. The second-order valence-electron chi connectivity index (χ2n) is 24.9. The van der Waals surface area contributed by atoms with E-state index in [9.17, 15) is 38.3 Å². The van der Waals surface area contributed by atoms with E-state index in [4.69, 9.17) is 117 Å². The number of carboxylic acid groups (broad SMARTS) is 1. The van der Waals surface area contributed by atoms with Crippen LogP contribution in [0.15, 0.2) is 138 Å². The van der Waals surface area contributed by atoms with Gasteiger partial charge in [0.2, 0.25) is 0 Å². The maximum Gasteiger partial charge on any atom is 0.338 e. The monoisotopic (exact) mass is 1660 g/mol. The zero-order valence-corrected chi connectivity index (χ0v) is 66.1. The fourth-order valence-electron chi connectivity index (χ4n) is 12.1. The average Bonchev–Trinajstić information content (AvgIpc) is 1.57. The van der Waals surface area contributed by atoms with Crippen LogP contribution in [0.5, 0.6) is 0 Å². The summed E-state index contributed by atoms with van der Waals surface area (Å²) in [5, 5.41) is 28.6. The first-order valence-corrected chi connectivity index (χ1v) is 39.0. The van der Waals surface area contributed by atoms with Crippen molar-refractivity contribution in [1.82, 2.24) is 45.6 Å². The highest BCUT2D eigenvalue weighted by molar-refractivity contribution is 7.12. The highest BCUT2D eigenvalue weighted by atomic mass is 35.5. The fourth-order valence-corrected chi connectivity index (χ4v) is 15.2. The van der Waals surface area contributed by atoms with Crippen LogP contribution in [-0.2, 0) is 66.7 Å². The van der Waals surface area contributed by atoms with Crippen LogP contribution in [0.25, 0.3) is 0 Å². The Bertz CT molecular complexity index is 4440. The lowest BCUT2D eigenvalue weighted by molar-refractivity contribution is -0.153. The van der Waals surface area contributed by atoms with Crippen molar-refractivity contribution in [3.63, 3.8) is 0 Å². The highest BCUT2D eigenvalue weighted by Gasteiger charge is 2.42. The van der Waals surface area contributed by atoms with Crippen LogP contribution in [0.2, 0.25) is 25.1 Å². The summed E-state index contributed by atoms with van der Waals surface area (Å²) in [6.07, 6.45) is 4.98. The molecule has 12 rings (SSSR count). The topological polar surface area (TPSA) is 344 Å². The van der Waals surface area contributed by atoms with Crippen LogP contribution in [0, 0.1) is 11.7 Å². The van der Waals surface area contributed by atoms with E-state index < -0.39 is 77.9 Å². The van der Waals surface area contributed by atoms with E-state index in [2.05, 4.69) is 35.8 Å². The maximum atomic E-state index is 13.8. The van der Waals surface area contributed by atoms with Crippen molar-refractivity contribution in [2.24, 2.45) is 26.6 Å². The van der Waals surface area contributed by atoms with Crippen molar-refractivity contribution in [3.05, 3.63) is 186 Å². The van der Waals surface area contributed by atoms with Gasteiger partial charge in [-0.25, -0.2) is 33.7 Å². The normalized spacial score (nSPS) is 20.8. The third-order valence-corrected chi connectivity index (χ3v) is 21.4. The summed E-state index contributed by atoms with van der Waals surface area (Å²) in [4.78, 5) is 110. The molecule has 9 heterocycles. The molecule has 37 heteroatoms. The summed E-state index contributed by atoms with van der Waals surface area (Å²) in [6, 6.07) is 9.09. The first-order valence-electron chi connectivity index (χ1n) is 34.5. The van der Waals surface area contributed by atoms with Crippen molar-refractivity contribution in [3.8, 4) is 0 Å². The molecule has 3 saturated heterocycles. The number of carbonyl (C=O) groups is 6. The van der Waals surface area contributed by atoms with Crippen LogP contribution in [-0.4, -0.2) is 225 Å². The molecule has 7 atom stereocenters. The highest BCUT2D eigenvalue weighted by Crippen LogP contribution is 2.42. The number of halogens is 6. The Hall–Kier alpha value is -7.90. The first kappa shape index (κ1) is 83.6. The molecule has 0 aliphatic carbocycles. The van der Waals surface area contributed by atoms with Crippen LogP contribution in [0.4, 0.5) is 4.39 Å². The molecule has 0 spiro atoms. The van der Waals surface area contributed by atoms with E-state index in [1.165, 1.54) is 53.3 Å². The van der Waals surface area contributed by atoms with E-state index in [1.54, 1.807) is 86.0 Å². The number of aromatic nitrogens is 3. The molecular weight excluding hydrogens is 1580 g/mol. The molecule has 0 saturated carbocycles. The summed E-state index contributed by atoms with van der Waals surface area (Å²) < 4.78 is 57.1. The lowest BCUT2D eigenvalue weighted by atomic mass is 9.95. The Labute approximate surface area is 664 Å². The average molecular weight is 1660 g/mol. The second-order valence-corrected chi connectivity index (χ2v) is 29.7. The van der Waals surface area contributed by atoms with Gasteiger partial charge in [0.1, 0.15) is 48.7 Å². The maximum absolute atomic E-state index is 13.8. The number of nitrogens with two attached hydrogens (primary N) is 1. The number of ether oxygens (including phenoxy) is 8. The van der Waals surface area contributed by atoms with Crippen molar-refractivity contribution < 1.29 is 76.2 Å². The molecule has 0 radical (unpaired) electrons. The van der Waals surface area contributed by atoms with Crippen LogP contribution in [0.3, 0.4) is 0 Å². The van der Waals surface area contributed by atoms with Gasteiger partial charge in [0.25, 0.3) is 0 Å². The molecule has 6 aliphatic heterocycles. The van der Waals surface area contributed by atoms with Gasteiger partial charge in [0, 0.05) is 133 Å². The predicted molar refractivity (Wildman–Crippen MR) is 411 cm³/mol. The molecule has 0 amide bonds. The van der Waals surface area contributed by atoms with Gasteiger partial charge in [-0.15, -0.1) is 34.0 Å². The van der Waals surface area contributed by atoms with Gasteiger partial charge >= 0.3 is 35.8 Å². The van der Waals surface area contributed by atoms with Crippen molar-refractivity contribution in [2.45, 2.75) is 76.9 Å². The SMILES string of the molecule is CCOC(=O)C1=C(CN2CCOCC2C(=O)O)NC(c2nccs2)=NC1c1ccc(F)cc1Cl.CCOC(=O)C1=C(CN2CCOCC2C(=O)OC)NC(c2nccs2)=NC1c1ccc(Cl)cc1Cl.CCOC(=O)C1=C(CN2CCOC[C@H]2COC(=O)[C@@H](N)C(C)C)NC(c2nccs2)=NC1c1ccc(Cl)cc1Cl. The number of rotatable bonds is 24. The number of morpholine rings is 3. The molecule has 3 fully saturated rings. The summed E-state index contributed by atoms with van der Waals surface area (Å²) >= 11 is 36.0. The minimum atomic E-state index is -1.03. The largest absolute Gasteiger partial charge is 0.480 e. The number of thiazole rings is 3. The second kappa shape index (κ2) is 39.8. The number of hydrogen-bond acceptors (Lipinski definition) is 30. The summed E-state index contributed by atoms with van der Waals surface area (Å²) in [5.74, 6) is -2.75. The minimum absolute atomic E-state index is 0.0258. The van der Waals surface area contributed by atoms with Gasteiger partial charge in [0.15, 0.2) is 32.5 Å². The van der Waals surface area contributed by atoms with E-state index in [0.29, 0.717) is 150 Å². The molecule has 3 aromatic carbocycles. The number of carboxylic acids is 1. The lowest BCUT2D eigenvalue weighted by Gasteiger charge is -2.37. The lowest BCUT2D eigenvalue weighted by Crippen LogP contribution is -2.52. The Morgan fingerprint density at radius 2 is 0.954 bits per heavy atom. The molecule has 6 aromatic rings. The van der Waals surface area contributed by atoms with Gasteiger partial charge < -0.3 is 64.7 Å². The Morgan fingerprint density at radius 3 is 1.33 bits per heavy atom. The van der Waals surface area contributed by atoms with Gasteiger partial charge in [-0.05, 0) is 63.1 Å². The van der Waals surface area contributed by atoms with Gasteiger partial charge in [0.05, 0.1) is 89.3 Å². The third-order valence-electron chi connectivity index (χ3n) is 17.6. The van der Waals surface area contributed by atoms with E-state index >= 15 is 0 Å². The number of methoxy groups -OCH3 is 1. The van der Waals surface area contributed by atoms with E-state index in [1.807, 2.05) is 29.5 Å². The fraction of sp³-hybridized carbons (Fsp3) is 0.417. The Kier molecular flexibility index (Phi) is 30.5. The first-order chi connectivity index (χ1) is 52.5. The number of amidine groups is 3. The zero-order valence-electron chi connectivity index (χ0n) is 59.9. The number of nitrogens with one attached hydrogen (secondary N) is 3. The molecule has 5 unspecified atom stereocenters. The zero-order chi connectivity index (χ0) is 78.0. The van der Waals surface area contributed by atoms with Crippen molar-refractivity contribution in [1.29, 1.82) is 0 Å². The van der Waals surface area contributed by atoms with Crippen molar-refractivity contribution in [2.75, 3.05) is 112 Å². The van der Waals surface area contributed by atoms with E-state index in [-0.39, 0.29) is 75.3 Å². The van der Waals surface area contributed by atoms with E-state index in [0.717, 1.165) is 6.07 Å². The molecular formula is C72H79Cl5FN13O15S3.